The first-order valence-corrected chi connectivity index (χ1v) is 20.5. The van der Waals surface area contributed by atoms with Crippen LogP contribution in [0, 0.1) is 0 Å². The van der Waals surface area contributed by atoms with E-state index in [-0.39, 0.29) is 18.8 Å². The van der Waals surface area contributed by atoms with E-state index in [1.54, 1.807) is 56.7 Å². The number of carbonyl (C=O) groups excluding carboxylic acids is 1. The molecule has 0 radical (unpaired) electrons. The number of aliphatic hydroxyl groups excluding tert-OH is 1. The van der Waals surface area contributed by atoms with E-state index < -0.39 is 34.2 Å². The first kappa shape index (κ1) is 42.9. The van der Waals surface area contributed by atoms with Crippen LogP contribution in [0.2, 0.25) is 0 Å². The standard InChI is InChI=1S/C38H44N2O11.C2H6O4S/c1-43-29-6-4-28(5-7-29)38(42)30(35(37(41)51-38)27-3-8-31-32(24-27)50-25-49-31)21-26-22-33(44-2)36(48-20-14-40-11-17-46-18-12-40)34(23-26)47-19-13-39-9-15-45-16-10-39;3-1-2-7(4,5)6/h3-8,22-24,42H,9-21,25H2,1-2H3;3H,1-2H2,(H,4,5,6). The minimum absolute atomic E-state index is 0.0832. The second-order valence-corrected chi connectivity index (χ2v) is 15.2. The Bertz CT molecular complexity index is 2000. The molecule has 17 nitrogen and oxygen atoms in total. The van der Waals surface area contributed by atoms with E-state index >= 15 is 0 Å². The Morgan fingerprint density at radius 2 is 1.41 bits per heavy atom. The third kappa shape index (κ3) is 10.9. The largest absolute Gasteiger partial charge is 0.497 e. The van der Waals surface area contributed by atoms with Crippen LogP contribution in [-0.4, -0.2) is 151 Å². The van der Waals surface area contributed by atoms with E-state index in [1.807, 2.05) is 12.1 Å². The van der Waals surface area contributed by atoms with Crippen molar-refractivity contribution in [3.8, 4) is 34.5 Å². The number of nitrogens with zero attached hydrogens (tertiary/aromatic N) is 2. The van der Waals surface area contributed by atoms with Crippen LogP contribution in [0.4, 0.5) is 0 Å². The number of morpholine rings is 2. The quantitative estimate of drug-likeness (QED) is 0.140. The molecule has 0 amide bonds. The maximum Gasteiger partial charge on any atom is 0.342 e. The maximum atomic E-state index is 13.7. The summed E-state index contributed by atoms with van der Waals surface area (Å²) in [6, 6.07) is 15.7. The molecule has 316 valence electrons. The summed E-state index contributed by atoms with van der Waals surface area (Å²) in [6.45, 7) is 7.98. The van der Waals surface area contributed by atoms with Crippen molar-refractivity contribution in [3.63, 3.8) is 0 Å². The summed E-state index contributed by atoms with van der Waals surface area (Å²) in [5, 5.41) is 20.2. The van der Waals surface area contributed by atoms with Gasteiger partial charge in [-0.05, 0) is 59.7 Å². The average molecular weight is 831 g/mol. The second kappa shape index (κ2) is 19.9. The first-order chi connectivity index (χ1) is 28.0. The Kier molecular flexibility index (Phi) is 14.7. The molecule has 0 saturated carbocycles. The highest BCUT2D eigenvalue weighted by Gasteiger charge is 2.48. The van der Waals surface area contributed by atoms with Gasteiger partial charge in [-0.25, -0.2) is 4.79 Å². The Morgan fingerprint density at radius 1 is 0.793 bits per heavy atom. The molecule has 58 heavy (non-hydrogen) atoms. The number of methoxy groups -OCH3 is 2. The molecule has 0 bridgehead atoms. The molecule has 2 saturated heterocycles. The van der Waals surface area contributed by atoms with Crippen molar-refractivity contribution in [1.29, 1.82) is 0 Å². The highest BCUT2D eigenvalue weighted by Crippen LogP contribution is 2.48. The molecule has 4 aliphatic heterocycles. The number of rotatable bonds is 16. The zero-order chi connectivity index (χ0) is 41.1. The minimum atomic E-state index is -3.92. The molecule has 18 heteroatoms. The Labute approximate surface area is 337 Å². The zero-order valence-corrected chi connectivity index (χ0v) is 33.4. The van der Waals surface area contributed by atoms with Crippen LogP contribution >= 0.6 is 0 Å². The number of fused-ring (bicyclic) bond motifs is 1. The van der Waals surface area contributed by atoms with Crippen LogP contribution in [0.3, 0.4) is 0 Å². The summed E-state index contributed by atoms with van der Waals surface area (Å²) in [5.41, 5.74) is 2.19. The molecule has 4 aliphatic rings. The number of hydrogen-bond acceptors (Lipinski definition) is 16. The minimum Gasteiger partial charge on any atom is -0.497 e. The van der Waals surface area contributed by atoms with Crippen LogP contribution in [0.5, 0.6) is 34.5 Å². The smallest absolute Gasteiger partial charge is 0.342 e. The van der Waals surface area contributed by atoms with Crippen molar-refractivity contribution in [2.24, 2.45) is 0 Å². The van der Waals surface area contributed by atoms with Gasteiger partial charge in [-0.1, -0.05) is 6.07 Å². The fourth-order valence-electron chi connectivity index (χ4n) is 6.81. The van der Waals surface area contributed by atoms with Gasteiger partial charge in [-0.2, -0.15) is 8.42 Å². The van der Waals surface area contributed by atoms with Crippen LogP contribution in [0.1, 0.15) is 16.7 Å². The first-order valence-electron chi connectivity index (χ1n) is 18.9. The highest BCUT2D eigenvalue weighted by atomic mass is 32.2. The molecule has 3 aromatic rings. The second-order valence-electron chi connectivity index (χ2n) is 13.6. The van der Waals surface area contributed by atoms with Crippen molar-refractivity contribution in [1.82, 2.24) is 9.80 Å². The van der Waals surface area contributed by atoms with Gasteiger partial charge in [0.15, 0.2) is 23.0 Å². The number of benzene rings is 3. The van der Waals surface area contributed by atoms with Crippen LogP contribution in [0.15, 0.2) is 60.2 Å². The molecular weight excluding hydrogens is 781 g/mol. The summed E-state index contributed by atoms with van der Waals surface area (Å²) >= 11 is 0. The van der Waals surface area contributed by atoms with Crippen molar-refractivity contribution in [2.45, 2.75) is 12.2 Å². The molecule has 0 aliphatic carbocycles. The van der Waals surface area contributed by atoms with E-state index in [0.717, 1.165) is 32.7 Å². The van der Waals surface area contributed by atoms with Gasteiger partial charge in [0.2, 0.25) is 12.5 Å². The van der Waals surface area contributed by atoms with E-state index in [4.69, 9.17) is 52.3 Å². The molecule has 2 fully saturated rings. The third-order valence-corrected chi connectivity index (χ3v) is 10.6. The van der Waals surface area contributed by atoms with Crippen LogP contribution in [0.25, 0.3) is 5.57 Å². The van der Waals surface area contributed by atoms with Gasteiger partial charge in [-0.15, -0.1) is 0 Å². The summed E-state index contributed by atoms with van der Waals surface area (Å²) in [5.74, 6) is -0.179. The highest BCUT2D eigenvalue weighted by molar-refractivity contribution is 7.85. The van der Waals surface area contributed by atoms with E-state index in [2.05, 4.69) is 9.80 Å². The van der Waals surface area contributed by atoms with Gasteiger partial charge in [0.25, 0.3) is 15.9 Å². The zero-order valence-electron chi connectivity index (χ0n) is 32.6. The predicted octanol–water partition coefficient (Wildman–Crippen LogP) is 2.12. The van der Waals surface area contributed by atoms with Gasteiger partial charge in [0.1, 0.15) is 19.0 Å². The van der Waals surface area contributed by atoms with Gasteiger partial charge < -0.3 is 52.8 Å². The lowest BCUT2D eigenvalue weighted by molar-refractivity contribution is -0.185. The van der Waals surface area contributed by atoms with E-state index in [1.165, 1.54) is 0 Å². The molecule has 7 rings (SSSR count). The molecule has 1 atom stereocenters. The van der Waals surface area contributed by atoms with E-state index in [0.29, 0.717) is 103 Å². The Balaban J connectivity index is 0.000000743. The van der Waals surface area contributed by atoms with Crippen molar-refractivity contribution < 1.29 is 70.6 Å². The predicted molar refractivity (Wildman–Crippen MR) is 208 cm³/mol. The summed E-state index contributed by atoms with van der Waals surface area (Å²) in [7, 11) is -0.780. The molecule has 4 heterocycles. The van der Waals surface area contributed by atoms with Crippen molar-refractivity contribution >= 4 is 21.7 Å². The average Bonchev–Trinajstić information content (AvgIpc) is 3.80. The van der Waals surface area contributed by atoms with Crippen molar-refractivity contribution in [2.75, 3.05) is 112 Å². The lowest BCUT2D eigenvalue weighted by Crippen LogP contribution is -2.39. The number of hydrogen-bond donors (Lipinski definition) is 3. The molecule has 0 spiro atoms. The number of esters is 1. The molecular formula is C40H50N2O15S. The fourth-order valence-corrected chi connectivity index (χ4v) is 7.04. The molecule has 0 aromatic heterocycles. The summed E-state index contributed by atoms with van der Waals surface area (Å²) in [6.07, 6.45) is 0.113. The van der Waals surface area contributed by atoms with Crippen LogP contribution < -0.4 is 28.4 Å². The monoisotopic (exact) mass is 830 g/mol. The van der Waals surface area contributed by atoms with Gasteiger partial charge in [0.05, 0.1) is 58.6 Å². The molecule has 3 N–H and O–H groups in total. The van der Waals surface area contributed by atoms with E-state index in [9.17, 15) is 18.3 Å². The SMILES string of the molecule is COc1ccc(C2(O)OC(=O)C(c3ccc4c(c3)OCO4)=C2Cc2cc(OC)c(OCCN3CCOCC3)c(OCCN3CCOCC3)c2)cc1.O=S(=O)(O)CCO. The number of carbonyl (C=O) groups is 1. The van der Waals surface area contributed by atoms with Crippen LogP contribution in [-0.2, 0) is 41.3 Å². The summed E-state index contributed by atoms with van der Waals surface area (Å²) in [4.78, 5) is 18.3. The molecule has 1 unspecified atom stereocenters. The fraction of sp³-hybridized carbons (Fsp3) is 0.475. The summed E-state index contributed by atoms with van der Waals surface area (Å²) < 4.78 is 79.1. The topological polar surface area (TPSA) is 201 Å². The maximum absolute atomic E-state index is 13.7. The van der Waals surface area contributed by atoms with Gasteiger partial charge >= 0.3 is 5.97 Å². The lowest BCUT2D eigenvalue weighted by Gasteiger charge is -2.28. The Hall–Kier alpha value is -4.66. The molecule has 3 aromatic carbocycles. The van der Waals surface area contributed by atoms with Crippen molar-refractivity contribution in [3.05, 3.63) is 76.9 Å². The number of cyclic esters (lactones) is 1. The van der Waals surface area contributed by atoms with Gasteiger partial charge in [-0.3, -0.25) is 14.4 Å². The lowest BCUT2D eigenvalue weighted by atomic mass is 9.88. The number of ether oxygens (including phenoxy) is 9. The van der Waals surface area contributed by atoms with Gasteiger partial charge in [0, 0.05) is 56.8 Å². The third-order valence-electron chi connectivity index (χ3n) is 9.85. The normalized spacial score (nSPS) is 19.6. The Morgan fingerprint density at radius 3 is 2.00 bits per heavy atom. The number of aliphatic hydroxyl groups is 2.